The minimum absolute atomic E-state index is 0. The van der Waals surface area contributed by atoms with E-state index in [0.29, 0.717) is 26.1 Å². The molecule has 9 heteroatoms. The van der Waals surface area contributed by atoms with Gasteiger partial charge in [0.25, 0.3) is 0 Å². The number of rotatable bonds is 38. The number of benzene rings is 2. The van der Waals surface area contributed by atoms with E-state index in [0.717, 1.165) is 62.5 Å². The normalized spacial score (nSPS) is 13.1. The fourth-order valence-corrected chi connectivity index (χ4v) is 7.21. The first-order valence-corrected chi connectivity index (χ1v) is 23.2. The van der Waals surface area contributed by atoms with Crippen LogP contribution in [0.25, 0.3) is 0 Å². The number of unbranched alkanes of at least 4 members (excludes halogenated alkanes) is 18. The van der Waals surface area contributed by atoms with Crippen LogP contribution in [0.3, 0.4) is 0 Å². The van der Waals surface area contributed by atoms with Crippen LogP contribution in [0.1, 0.15) is 205 Å². The summed E-state index contributed by atoms with van der Waals surface area (Å²) in [6, 6.07) is 20.0. The average Bonchev–Trinajstić information content (AvgIpc) is 3.20. The molecule has 4 atom stereocenters. The van der Waals surface area contributed by atoms with Crippen molar-refractivity contribution in [3.63, 3.8) is 0 Å². The topological polar surface area (TPSA) is 139 Å². The first kappa shape index (κ1) is 57.8. The maximum atomic E-state index is 10.8. The summed E-state index contributed by atoms with van der Waals surface area (Å²) in [6.07, 6.45) is 29.3. The van der Waals surface area contributed by atoms with Crippen LogP contribution in [0.4, 0.5) is 0 Å². The van der Waals surface area contributed by atoms with Crippen LogP contribution < -0.4 is 10.2 Å². The SMILES string of the molecule is CC(O)CCCCCCCCCCCCC(CCC(=O)[O-])OCc1ccccc1.CC(O)CCCCCCCCCCCCC(CCC(=O)[O-])OCc1ccccc1.[Ba+2]. The molecule has 0 fully saturated rings. The number of carboxylic acids is 2. The van der Waals surface area contributed by atoms with Crippen molar-refractivity contribution in [1.82, 2.24) is 0 Å². The summed E-state index contributed by atoms with van der Waals surface area (Å²) in [5.74, 6) is -1.99. The molecule has 2 aromatic carbocycles. The molecule has 0 saturated heterocycles. The van der Waals surface area contributed by atoms with E-state index in [9.17, 15) is 30.0 Å². The van der Waals surface area contributed by atoms with Crippen molar-refractivity contribution in [1.29, 1.82) is 0 Å². The Morgan fingerprint density at radius 1 is 0.441 bits per heavy atom. The van der Waals surface area contributed by atoms with Crippen LogP contribution in [-0.2, 0) is 32.3 Å². The zero-order valence-electron chi connectivity index (χ0n) is 37.3. The monoisotopic (exact) mass is 949 g/mol. The van der Waals surface area contributed by atoms with Gasteiger partial charge in [-0.1, -0.05) is 189 Å². The molecule has 0 radical (unpaired) electrons. The van der Waals surface area contributed by atoms with Gasteiger partial charge >= 0.3 is 48.9 Å². The molecule has 8 nitrogen and oxygen atoms in total. The molecule has 0 aliphatic heterocycles. The van der Waals surface area contributed by atoms with Gasteiger partial charge in [-0.2, -0.15) is 0 Å². The molecule has 0 aromatic heterocycles. The Morgan fingerprint density at radius 2 is 0.695 bits per heavy atom. The minimum atomic E-state index is -0.996. The zero-order valence-corrected chi connectivity index (χ0v) is 41.8. The largest absolute Gasteiger partial charge is 2.00 e. The summed E-state index contributed by atoms with van der Waals surface area (Å²) >= 11 is 0. The van der Waals surface area contributed by atoms with Gasteiger partial charge in [-0.15, -0.1) is 0 Å². The maximum Gasteiger partial charge on any atom is 2.00 e. The van der Waals surface area contributed by atoms with Crippen molar-refractivity contribution in [3.05, 3.63) is 71.8 Å². The number of hydrogen-bond acceptors (Lipinski definition) is 8. The van der Waals surface area contributed by atoms with E-state index in [4.69, 9.17) is 9.47 Å². The van der Waals surface area contributed by atoms with E-state index in [2.05, 4.69) is 0 Å². The van der Waals surface area contributed by atoms with Gasteiger partial charge in [0, 0.05) is 11.9 Å². The summed E-state index contributed by atoms with van der Waals surface area (Å²) in [5.41, 5.74) is 2.24. The van der Waals surface area contributed by atoms with Crippen molar-refractivity contribution < 1.29 is 39.5 Å². The van der Waals surface area contributed by atoms with Gasteiger partial charge < -0.3 is 39.5 Å². The number of aliphatic hydroxyl groups excluding tert-OH is 2. The van der Waals surface area contributed by atoms with Gasteiger partial charge in [0.15, 0.2) is 0 Å². The number of carbonyl (C=O) groups excluding carboxylic acids is 2. The molecule has 2 N–H and O–H groups in total. The second-order valence-electron chi connectivity index (χ2n) is 16.6. The number of carboxylic acid groups (broad SMARTS) is 2. The number of carbonyl (C=O) groups is 2. The minimum Gasteiger partial charge on any atom is -0.550 e. The Hall–Kier alpha value is -1.21. The van der Waals surface area contributed by atoms with Crippen LogP contribution in [-0.4, -0.2) is 95.4 Å². The molecule has 2 aromatic rings. The van der Waals surface area contributed by atoms with E-state index < -0.39 is 11.9 Å². The predicted octanol–water partition coefficient (Wildman–Crippen LogP) is 9.95. The summed E-state index contributed by atoms with van der Waals surface area (Å²) < 4.78 is 12.0. The van der Waals surface area contributed by atoms with E-state index >= 15 is 0 Å². The summed E-state index contributed by atoms with van der Waals surface area (Å²) in [6.45, 7) is 4.80. The zero-order chi connectivity index (χ0) is 42.3. The van der Waals surface area contributed by atoms with E-state index in [1.54, 1.807) is 0 Å². The molecular formula is C50H82BaO8. The Bertz CT molecular complexity index is 1100. The van der Waals surface area contributed by atoms with Crippen LogP contribution >= 0.6 is 0 Å². The Morgan fingerprint density at radius 3 is 0.949 bits per heavy atom. The smallest absolute Gasteiger partial charge is 0.550 e. The van der Waals surface area contributed by atoms with Crippen LogP contribution in [0.15, 0.2) is 60.7 Å². The number of hydrogen-bond donors (Lipinski definition) is 2. The first-order valence-electron chi connectivity index (χ1n) is 23.2. The predicted molar refractivity (Wildman–Crippen MR) is 238 cm³/mol. The van der Waals surface area contributed by atoms with E-state index in [1.165, 1.54) is 103 Å². The second kappa shape index (κ2) is 42.1. The third-order valence-electron chi connectivity index (χ3n) is 10.8. The van der Waals surface area contributed by atoms with Gasteiger partial charge in [-0.25, -0.2) is 0 Å². The number of aliphatic hydroxyl groups is 2. The number of ether oxygens (including phenoxy) is 2. The molecule has 0 aliphatic rings. The average molecular weight is 949 g/mol. The van der Waals surface area contributed by atoms with Crippen molar-refractivity contribution >= 4 is 60.8 Å². The third kappa shape index (κ3) is 40.6. The maximum absolute atomic E-state index is 10.8. The van der Waals surface area contributed by atoms with Crippen molar-refractivity contribution in [2.75, 3.05) is 0 Å². The molecule has 0 aliphatic carbocycles. The Balaban J connectivity index is 0.00000112. The Labute approximate surface area is 400 Å². The molecule has 332 valence electrons. The van der Waals surface area contributed by atoms with E-state index in [1.807, 2.05) is 74.5 Å². The molecule has 59 heavy (non-hydrogen) atoms. The van der Waals surface area contributed by atoms with Gasteiger partial charge in [0.05, 0.1) is 37.6 Å². The molecular weight excluding hydrogens is 866 g/mol. The van der Waals surface area contributed by atoms with Crippen LogP contribution in [0.2, 0.25) is 0 Å². The van der Waals surface area contributed by atoms with Gasteiger partial charge in [0.2, 0.25) is 0 Å². The fourth-order valence-electron chi connectivity index (χ4n) is 7.21. The molecule has 2 rings (SSSR count). The third-order valence-corrected chi connectivity index (χ3v) is 10.8. The fraction of sp³-hybridized carbons (Fsp3) is 0.720. The molecule has 0 bridgehead atoms. The first-order chi connectivity index (χ1) is 28.2. The summed E-state index contributed by atoms with van der Waals surface area (Å²) in [7, 11) is 0. The van der Waals surface area contributed by atoms with Crippen LogP contribution in [0.5, 0.6) is 0 Å². The molecule has 0 spiro atoms. The van der Waals surface area contributed by atoms with Gasteiger partial charge in [-0.05, 0) is 76.3 Å². The van der Waals surface area contributed by atoms with Crippen molar-refractivity contribution in [3.8, 4) is 0 Å². The standard InChI is InChI=1S/2C25H42O4.Ba/c2*1-22(26)15-11-8-6-4-2-3-5-7-9-14-18-24(19-20-25(27)28)29-21-23-16-12-10-13-17-23;/h2*10,12-13,16-17,22,24,26H,2-9,11,14-15,18-21H2,1H3,(H,27,28);/q;;+2/p-2. The van der Waals surface area contributed by atoms with Crippen molar-refractivity contribution in [2.24, 2.45) is 0 Å². The summed E-state index contributed by atoms with van der Waals surface area (Å²) in [5, 5.41) is 40.0. The molecule has 0 heterocycles. The summed E-state index contributed by atoms with van der Waals surface area (Å²) in [4.78, 5) is 21.6. The van der Waals surface area contributed by atoms with E-state index in [-0.39, 0.29) is 86.1 Å². The van der Waals surface area contributed by atoms with Gasteiger partial charge in [-0.3, -0.25) is 0 Å². The molecule has 0 amide bonds. The van der Waals surface area contributed by atoms with Gasteiger partial charge in [0.1, 0.15) is 0 Å². The quantitative estimate of drug-likeness (QED) is 0.0501. The molecule has 0 saturated carbocycles. The molecule has 4 unspecified atom stereocenters. The van der Waals surface area contributed by atoms with Crippen LogP contribution in [0, 0.1) is 0 Å². The van der Waals surface area contributed by atoms with Crippen molar-refractivity contribution in [2.45, 2.75) is 231 Å². The second-order valence-corrected chi connectivity index (χ2v) is 16.6. The number of aliphatic carboxylic acids is 2. The Kier molecular flexibility index (Phi) is 41.2.